The van der Waals surface area contributed by atoms with Crippen molar-refractivity contribution in [2.45, 2.75) is 38.3 Å². The van der Waals surface area contributed by atoms with Crippen molar-refractivity contribution in [1.82, 2.24) is 8.87 Å². The second-order valence-corrected chi connectivity index (χ2v) is 6.45. The number of rotatable bonds is 6. The smallest absolute Gasteiger partial charge is 0.245 e. The van der Waals surface area contributed by atoms with Crippen LogP contribution in [0.2, 0.25) is 0 Å². The number of nitrogens with zero attached hydrogens (tertiary/aromatic N) is 2. The van der Waals surface area contributed by atoms with Gasteiger partial charge in [0.15, 0.2) is 0 Å². The van der Waals surface area contributed by atoms with Crippen LogP contribution < -0.4 is 5.73 Å². The Morgan fingerprint density at radius 2 is 2.16 bits per heavy atom. The highest BCUT2D eigenvalue weighted by Gasteiger charge is 2.25. The van der Waals surface area contributed by atoms with Crippen molar-refractivity contribution in [3.8, 4) is 12.3 Å². The predicted molar refractivity (Wildman–Crippen MR) is 76.0 cm³/mol. The van der Waals surface area contributed by atoms with Crippen molar-refractivity contribution in [3.63, 3.8) is 0 Å². The molecule has 0 fully saturated rings. The van der Waals surface area contributed by atoms with Crippen LogP contribution in [0.15, 0.2) is 17.2 Å². The summed E-state index contributed by atoms with van der Waals surface area (Å²) >= 11 is 0. The highest BCUT2D eigenvalue weighted by molar-refractivity contribution is 7.89. The van der Waals surface area contributed by atoms with E-state index in [1.54, 1.807) is 19.2 Å². The zero-order valence-corrected chi connectivity index (χ0v) is 12.4. The van der Waals surface area contributed by atoms with Gasteiger partial charge in [0.1, 0.15) is 4.90 Å². The largest absolute Gasteiger partial charge is 0.346 e. The maximum atomic E-state index is 12.4. The zero-order chi connectivity index (χ0) is 14.6. The Morgan fingerprint density at radius 1 is 1.53 bits per heavy atom. The third-order valence-corrected chi connectivity index (χ3v) is 4.82. The van der Waals surface area contributed by atoms with Gasteiger partial charge in [-0.2, -0.15) is 4.31 Å². The molecule has 0 aliphatic carbocycles. The summed E-state index contributed by atoms with van der Waals surface area (Å²) in [6.45, 7) is 6.44. The first kappa shape index (κ1) is 15.8. The third-order valence-electron chi connectivity index (χ3n) is 2.93. The molecule has 0 unspecified atom stereocenters. The molecule has 0 amide bonds. The van der Waals surface area contributed by atoms with E-state index in [4.69, 9.17) is 12.2 Å². The van der Waals surface area contributed by atoms with E-state index in [0.717, 1.165) is 5.69 Å². The Morgan fingerprint density at radius 3 is 2.53 bits per heavy atom. The summed E-state index contributed by atoms with van der Waals surface area (Å²) < 4.78 is 28.0. The lowest BCUT2D eigenvalue weighted by atomic mass is 10.3. The molecule has 0 atom stereocenters. The molecule has 106 valence electrons. The Balaban J connectivity index is 3.26. The number of hydrogen-bond acceptors (Lipinski definition) is 3. The molecule has 1 aromatic rings. The van der Waals surface area contributed by atoms with E-state index >= 15 is 0 Å². The number of aromatic nitrogens is 1. The van der Waals surface area contributed by atoms with E-state index in [1.807, 2.05) is 18.4 Å². The Kier molecular flexibility index (Phi) is 5.18. The van der Waals surface area contributed by atoms with Gasteiger partial charge in [0.25, 0.3) is 0 Å². The summed E-state index contributed by atoms with van der Waals surface area (Å²) in [6.07, 6.45) is 6.83. The molecule has 0 aliphatic heterocycles. The zero-order valence-electron chi connectivity index (χ0n) is 11.6. The minimum absolute atomic E-state index is 0.0731. The SMILES string of the molecule is C#CCN(CC)S(=O)(=O)c1cc(CN)n(C(C)C)c1. The van der Waals surface area contributed by atoms with E-state index in [1.165, 1.54) is 4.31 Å². The number of hydrogen-bond donors (Lipinski definition) is 1. The normalized spacial score (nSPS) is 12.1. The van der Waals surface area contributed by atoms with Crippen molar-refractivity contribution in [2.75, 3.05) is 13.1 Å². The predicted octanol–water partition coefficient (Wildman–Crippen LogP) is 1.17. The van der Waals surface area contributed by atoms with Crippen LogP contribution >= 0.6 is 0 Å². The molecule has 5 nitrogen and oxygen atoms in total. The van der Waals surface area contributed by atoms with Gasteiger partial charge in [-0.15, -0.1) is 6.42 Å². The second kappa shape index (κ2) is 6.24. The minimum atomic E-state index is -3.54. The highest BCUT2D eigenvalue weighted by Crippen LogP contribution is 2.21. The molecule has 0 radical (unpaired) electrons. The summed E-state index contributed by atoms with van der Waals surface area (Å²) in [4.78, 5) is 0.249. The van der Waals surface area contributed by atoms with Gasteiger partial charge < -0.3 is 10.3 Å². The molecular weight excluding hydrogens is 262 g/mol. The second-order valence-electron chi connectivity index (χ2n) is 4.51. The van der Waals surface area contributed by atoms with Crippen molar-refractivity contribution >= 4 is 10.0 Å². The van der Waals surface area contributed by atoms with Gasteiger partial charge in [0.05, 0.1) is 6.54 Å². The molecule has 0 aliphatic rings. The first-order valence-electron chi connectivity index (χ1n) is 6.22. The third kappa shape index (κ3) is 3.18. The van der Waals surface area contributed by atoms with Crippen LogP contribution in [0.1, 0.15) is 32.5 Å². The topological polar surface area (TPSA) is 68.3 Å². The standard InChI is InChI=1S/C13H21N3O2S/c1-5-7-15(6-2)19(17,18)13-8-12(9-14)16(10-13)11(3)4/h1,8,10-11H,6-7,9,14H2,2-4H3. The van der Waals surface area contributed by atoms with Crippen LogP contribution in [0.5, 0.6) is 0 Å². The summed E-state index contributed by atoms with van der Waals surface area (Å²) in [7, 11) is -3.54. The van der Waals surface area contributed by atoms with Crippen LogP contribution in [0.25, 0.3) is 0 Å². The lowest BCUT2D eigenvalue weighted by Gasteiger charge is -2.16. The van der Waals surface area contributed by atoms with Crippen LogP contribution in [-0.2, 0) is 16.6 Å². The van der Waals surface area contributed by atoms with Crippen LogP contribution in [-0.4, -0.2) is 30.4 Å². The van der Waals surface area contributed by atoms with Crippen molar-refractivity contribution in [2.24, 2.45) is 5.73 Å². The van der Waals surface area contributed by atoms with Gasteiger partial charge in [0.2, 0.25) is 10.0 Å². The molecule has 0 saturated carbocycles. The Labute approximate surface area is 115 Å². The lowest BCUT2D eigenvalue weighted by Crippen LogP contribution is -2.31. The fraction of sp³-hybridized carbons (Fsp3) is 0.538. The van der Waals surface area contributed by atoms with Crippen LogP contribution in [0.3, 0.4) is 0 Å². The summed E-state index contributed by atoms with van der Waals surface area (Å²) in [6, 6.07) is 1.78. The average Bonchev–Trinajstić information content (AvgIpc) is 2.80. The van der Waals surface area contributed by atoms with E-state index in [2.05, 4.69) is 5.92 Å². The molecule has 6 heteroatoms. The summed E-state index contributed by atoms with van der Waals surface area (Å²) in [5.74, 6) is 2.37. The molecule has 1 heterocycles. The van der Waals surface area contributed by atoms with Gasteiger partial charge >= 0.3 is 0 Å². The quantitative estimate of drug-likeness (QED) is 0.797. The Bertz CT molecular complexity index is 567. The molecule has 19 heavy (non-hydrogen) atoms. The fourth-order valence-corrected chi connectivity index (χ4v) is 3.31. The van der Waals surface area contributed by atoms with E-state index in [9.17, 15) is 8.42 Å². The number of nitrogens with two attached hydrogens (primary N) is 1. The lowest BCUT2D eigenvalue weighted by molar-refractivity contribution is 0.463. The van der Waals surface area contributed by atoms with Gasteiger partial charge in [-0.05, 0) is 19.9 Å². The highest BCUT2D eigenvalue weighted by atomic mass is 32.2. The van der Waals surface area contributed by atoms with Gasteiger partial charge in [0, 0.05) is 31.0 Å². The maximum Gasteiger partial charge on any atom is 0.245 e. The maximum absolute atomic E-state index is 12.4. The van der Waals surface area contributed by atoms with Crippen LogP contribution in [0, 0.1) is 12.3 Å². The van der Waals surface area contributed by atoms with Crippen molar-refractivity contribution in [1.29, 1.82) is 0 Å². The Hall–Kier alpha value is -1.29. The number of sulfonamides is 1. The fourth-order valence-electron chi connectivity index (χ4n) is 1.90. The minimum Gasteiger partial charge on any atom is -0.346 e. The summed E-state index contributed by atoms with van der Waals surface area (Å²) in [5, 5.41) is 0. The van der Waals surface area contributed by atoms with Crippen LogP contribution in [0.4, 0.5) is 0 Å². The molecule has 0 bridgehead atoms. The average molecular weight is 283 g/mol. The molecule has 0 spiro atoms. The number of terminal acetylenes is 1. The van der Waals surface area contributed by atoms with E-state index in [0.29, 0.717) is 13.1 Å². The molecule has 0 aromatic carbocycles. The summed E-state index contributed by atoms with van der Waals surface area (Å²) in [5.41, 5.74) is 6.45. The van der Waals surface area contributed by atoms with Crippen molar-refractivity contribution in [3.05, 3.63) is 18.0 Å². The molecule has 1 aromatic heterocycles. The van der Waals surface area contributed by atoms with Gasteiger partial charge in [-0.1, -0.05) is 12.8 Å². The first-order valence-corrected chi connectivity index (χ1v) is 7.66. The van der Waals surface area contributed by atoms with Gasteiger partial charge in [-0.3, -0.25) is 0 Å². The molecule has 2 N–H and O–H groups in total. The molecular formula is C13H21N3O2S. The van der Waals surface area contributed by atoms with E-state index < -0.39 is 10.0 Å². The van der Waals surface area contributed by atoms with Gasteiger partial charge in [-0.25, -0.2) is 8.42 Å². The molecule has 1 rings (SSSR count). The molecule has 0 saturated heterocycles. The van der Waals surface area contributed by atoms with E-state index in [-0.39, 0.29) is 17.5 Å². The monoisotopic (exact) mass is 283 g/mol. The first-order chi connectivity index (χ1) is 8.88. The van der Waals surface area contributed by atoms with Crippen molar-refractivity contribution < 1.29 is 8.42 Å².